The Morgan fingerprint density at radius 3 is 2.83 bits per heavy atom. The molecule has 3 aromatic rings. The number of anilines is 1. The van der Waals surface area contributed by atoms with Crippen molar-refractivity contribution in [3.8, 4) is 0 Å². The molecule has 1 saturated heterocycles. The van der Waals surface area contributed by atoms with E-state index in [0.29, 0.717) is 29.5 Å². The number of fused-ring (bicyclic) bond motifs is 1. The Balaban J connectivity index is 1.91. The normalized spacial score (nSPS) is 17.1. The van der Waals surface area contributed by atoms with Gasteiger partial charge in [-0.25, -0.2) is 14.8 Å². The van der Waals surface area contributed by atoms with Crippen LogP contribution in [0.2, 0.25) is 0 Å². The number of hydrogen-bond donors (Lipinski definition) is 1. The molecule has 1 aliphatic rings. The van der Waals surface area contributed by atoms with Crippen LogP contribution in [-0.4, -0.2) is 47.8 Å². The van der Waals surface area contributed by atoms with Gasteiger partial charge >= 0.3 is 5.69 Å². The van der Waals surface area contributed by atoms with Crippen molar-refractivity contribution in [2.75, 3.05) is 18.0 Å². The summed E-state index contributed by atoms with van der Waals surface area (Å²) >= 11 is 0. The molecule has 2 N–H and O–H groups in total. The average molecular weight is 396 g/mol. The third kappa shape index (κ3) is 3.25. The van der Waals surface area contributed by atoms with Gasteiger partial charge in [0.1, 0.15) is 5.82 Å². The smallest absolute Gasteiger partial charge is 0.332 e. The van der Waals surface area contributed by atoms with E-state index in [1.807, 2.05) is 11.8 Å². The van der Waals surface area contributed by atoms with Crippen LogP contribution in [0.25, 0.3) is 17.4 Å². The van der Waals surface area contributed by atoms with Crippen molar-refractivity contribution < 1.29 is 0 Å². The Kier molecular flexibility index (Phi) is 4.79. The SMILES string of the molecule is C=Cn1c(N2CCC[C@@H](N)C2)nc2c1c(=O)n(Cc1nccc(C)n1)c(=O)n2C. The monoisotopic (exact) mass is 396 g/mol. The molecule has 10 nitrogen and oxygen atoms in total. The van der Waals surface area contributed by atoms with Crippen LogP contribution >= 0.6 is 0 Å². The van der Waals surface area contributed by atoms with Crippen LogP contribution in [0.4, 0.5) is 5.95 Å². The zero-order valence-corrected chi connectivity index (χ0v) is 16.6. The molecule has 152 valence electrons. The topological polar surface area (TPSA) is 117 Å². The van der Waals surface area contributed by atoms with Gasteiger partial charge in [0, 0.05) is 44.3 Å². The van der Waals surface area contributed by atoms with Crippen LogP contribution < -0.4 is 21.9 Å². The standard InChI is InChI=1S/C19H24N8O2/c1-4-26-15-16(23-18(26)25-9-5-6-13(20)10-25)24(3)19(29)27(17(15)28)11-14-21-8-7-12(2)22-14/h4,7-8,13H,1,5-6,9-11,20H2,2-3H3/t13-/m1/s1. The molecule has 10 heteroatoms. The average Bonchev–Trinajstić information content (AvgIpc) is 3.09. The minimum Gasteiger partial charge on any atom is -0.340 e. The number of nitrogens with two attached hydrogens (primary N) is 1. The van der Waals surface area contributed by atoms with Gasteiger partial charge in [-0.1, -0.05) is 6.58 Å². The molecule has 1 fully saturated rings. The largest absolute Gasteiger partial charge is 0.340 e. The highest BCUT2D eigenvalue weighted by atomic mass is 16.2. The van der Waals surface area contributed by atoms with E-state index in [2.05, 4.69) is 21.5 Å². The fourth-order valence-corrected chi connectivity index (χ4v) is 3.77. The number of piperidine rings is 1. The fourth-order valence-electron chi connectivity index (χ4n) is 3.77. The van der Waals surface area contributed by atoms with Gasteiger partial charge in [-0.05, 0) is 25.8 Å². The molecule has 0 radical (unpaired) electrons. The number of hydrogen-bond acceptors (Lipinski definition) is 7. The van der Waals surface area contributed by atoms with Crippen molar-refractivity contribution in [2.45, 2.75) is 32.4 Å². The molecular weight excluding hydrogens is 372 g/mol. The Labute approximate surface area is 166 Å². The van der Waals surface area contributed by atoms with Crippen LogP contribution in [0.5, 0.6) is 0 Å². The second kappa shape index (κ2) is 7.28. The summed E-state index contributed by atoms with van der Waals surface area (Å²) < 4.78 is 4.15. The highest BCUT2D eigenvalue weighted by Gasteiger charge is 2.25. The maximum absolute atomic E-state index is 13.3. The maximum Gasteiger partial charge on any atom is 0.332 e. The van der Waals surface area contributed by atoms with Gasteiger partial charge in [-0.15, -0.1) is 0 Å². The van der Waals surface area contributed by atoms with Gasteiger partial charge in [-0.3, -0.25) is 18.5 Å². The van der Waals surface area contributed by atoms with Gasteiger partial charge in [0.2, 0.25) is 5.95 Å². The first-order valence-electron chi connectivity index (χ1n) is 9.54. The Morgan fingerprint density at radius 2 is 2.14 bits per heavy atom. The van der Waals surface area contributed by atoms with Crippen molar-refractivity contribution in [3.05, 3.63) is 51.2 Å². The molecule has 3 aromatic heterocycles. The predicted molar refractivity (Wildman–Crippen MR) is 111 cm³/mol. The molecule has 0 saturated carbocycles. The minimum atomic E-state index is -0.469. The summed E-state index contributed by atoms with van der Waals surface area (Å²) in [5, 5.41) is 0. The van der Waals surface area contributed by atoms with Crippen molar-refractivity contribution >= 4 is 23.3 Å². The molecular formula is C19H24N8O2. The lowest BCUT2D eigenvalue weighted by molar-refractivity contribution is 0.499. The summed E-state index contributed by atoms with van der Waals surface area (Å²) in [5.41, 5.74) is 6.57. The number of imidazole rings is 1. The molecule has 0 aromatic carbocycles. The fraction of sp³-hybridized carbons (Fsp3) is 0.421. The third-order valence-electron chi connectivity index (χ3n) is 5.22. The van der Waals surface area contributed by atoms with Crippen LogP contribution in [0.3, 0.4) is 0 Å². The quantitative estimate of drug-likeness (QED) is 0.663. The van der Waals surface area contributed by atoms with E-state index < -0.39 is 11.2 Å². The van der Waals surface area contributed by atoms with Gasteiger partial charge < -0.3 is 10.6 Å². The zero-order valence-electron chi connectivity index (χ0n) is 16.6. The molecule has 29 heavy (non-hydrogen) atoms. The van der Waals surface area contributed by atoms with E-state index in [1.54, 1.807) is 30.1 Å². The first kappa shape index (κ1) is 19.1. The van der Waals surface area contributed by atoms with Gasteiger partial charge in [0.05, 0.1) is 6.54 Å². The van der Waals surface area contributed by atoms with E-state index in [9.17, 15) is 9.59 Å². The summed E-state index contributed by atoms with van der Waals surface area (Å²) in [5.74, 6) is 0.970. The van der Waals surface area contributed by atoms with Crippen LogP contribution in [0.15, 0.2) is 28.4 Å². The number of aromatic nitrogens is 6. The number of rotatable bonds is 4. The summed E-state index contributed by atoms with van der Waals surface area (Å²) in [7, 11) is 1.60. The Hall–Kier alpha value is -3.27. The third-order valence-corrected chi connectivity index (χ3v) is 5.22. The van der Waals surface area contributed by atoms with E-state index in [1.165, 1.54) is 4.57 Å². The van der Waals surface area contributed by atoms with E-state index in [-0.39, 0.29) is 12.6 Å². The summed E-state index contributed by atoms with van der Waals surface area (Å²) in [6, 6.07) is 1.80. The first-order valence-corrected chi connectivity index (χ1v) is 9.54. The van der Waals surface area contributed by atoms with E-state index in [0.717, 1.165) is 29.6 Å². The van der Waals surface area contributed by atoms with Crippen molar-refractivity contribution in [3.63, 3.8) is 0 Å². The van der Waals surface area contributed by atoms with Gasteiger partial charge in [-0.2, -0.15) is 4.98 Å². The molecule has 0 aliphatic carbocycles. The maximum atomic E-state index is 13.3. The molecule has 0 bridgehead atoms. The van der Waals surface area contributed by atoms with Gasteiger partial charge in [0.15, 0.2) is 11.2 Å². The highest BCUT2D eigenvalue weighted by Crippen LogP contribution is 2.23. The molecule has 1 aliphatic heterocycles. The predicted octanol–water partition coefficient (Wildman–Crippen LogP) is 0.0714. The highest BCUT2D eigenvalue weighted by molar-refractivity contribution is 5.77. The Morgan fingerprint density at radius 1 is 1.34 bits per heavy atom. The number of nitrogens with zero attached hydrogens (tertiary/aromatic N) is 7. The van der Waals surface area contributed by atoms with Crippen LogP contribution in [0, 0.1) is 6.92 Å². The molecule has 1 atom stereocenters. The molecule has 4 heterocycles. The number of aryl methyl sites for hydroxylation is 2. The van der Waals surface area contributed by atoms with Gasteiger partial charge in [0.25, 0.3) is 5.56 Å². The van der Waals surface area contributed by atoms with E-state index in [4.69, 9.17) is 5.73 Å². The lowest BCUT2D eigenvalue weighted by atomic mass is 10.1. The van der Waals surface area contributed by atoms with Crippen LogP contribution in [0.1, 0.15) is 24.4 Å². The minimum absolute atomic E-state index is 0.0185. The van der Waals surface area contributed by atoms with Crippen molar-refractivity contribution in [2.24, 2.45) is 12.8 Å². The summed E-state index contributed by atoms with van der Waals surface area (Å²) in [6.07, 6.45) is 5.05. The Bertz CT molecular complexity index is 1210. The lowest BCUT2D eigenvalue weighted by Crippen LogP contribution is -2.43. The summed E-state index contributed by atoms with van der Waals surface area (Å²) in [6.45, 7) is 7.08. The first-order chi connectivity index (χ1) is 13.9. The van der Waals surface area contributed by atoms with Crippen LogP contribution in [-0.2, 0) is 13.6 Å². The lowest BCUT2D eigenvalue weighted by Gasteiger charge is -2.31. The molecule has 0 amide bonds. The summed E-state index contributed by atoms with van der Waals surface area (Å²) in [4.78, 5) is 41.3. The van der Waals surface area contributed by atoms with Crippen molar-refractivity contribution in [1.82, 2.24) is 28.7 Å². The van der Waals surface area contributed by atoms with E-state index >= 15 is 0 Å². The van der Waals surface area contributed by atoms with Crippen molar-refractivity contribution in [1.29, 1.82) is 0 Å². The second-order valence-electron chi connectivity index (χ2n) is 7.33. The molecule has 0 unspecified atom stereocenters. The second-order valence-corrected chi connectivity index (χ2v) is 7.33. The molecule has 0 spiro atoms. The molecule has 4 rings (SSSR count). The zero-order chi connectivity index (χ0) is 20.7.